The van der Waals surface area contributed by atoms with E-state index in [4.69, 9.17) is 0 Å². The van der Waals surface area contributed by atoms with E-state index in [9.17, 15) is 9.59 Å². The minimum absolute atomic E-state index is 0.0354. The van der Waals surface area contributed by atoms with Gasteiger partial charge in [-0.3, -0.25) is 4.79 Å². The third kappa shape index (κ3) is 6.43. The number of allylic oxidation sites excluding steroid dienone is 4. The molecule has 5 nitrogen and oxygen atoms in total. The molecule has 5 heteroatoms. The molecule has 0 saturated heterocycles. The van der Waals surface area contributed by atoms with Gasteiger partial charge in [0.05, 0.1) is 6.04 Å². The van der Waals surface area contributed by atoms with Gasteiger partial charge in [-0.1, -0.05) is 18.6 Å². The predicted octanol–water partition coefficient (Wildman–Crippen LogP) is 1.52. The van der Waals surface area contributed by atoms with Crippen LogP contribution in [0, 0.1) is 5.92 Å². The highest BCUT2D eigenvalue weighted by molar-refractivity contribution is 5.76. The molecule has 0 radical (unpaired) electrons. The van der Waals surface area contributed by atoms with Crippen molar-refractivity contribution in [2.75, 3.05) is 20.6 Å². The zero-order chi connectivity index (χ0) is 16.4. The second kappa shape index (κ2) is 10.2. The van der Waals surface area contributed by atoms with Gasteiger partial charge in [0.25, 0.3) is 0 Å². The molecule has 1 aliphatic rings. The summed E-state index contributed by atoms with van der Waals surface area (Å²) in [5.74, 6) is 0.548. The van der Waals surface area contributed by atoms with Crippen LogP contribution in [0.15, 0.2) is 23.4 Å². The number of rotatable bonds is 10. The highest BCUT2D eigenvalue weighted by atomic mass is 16.1. The van der Waals surface area contributed by atoms with Gasteiger partial charge in [-0.15, -0.1) is 0 Å². The quantitative estimate of drug-likeness (QED) is 0.535. The Morgan fingerprint density at radius 2 is 2.05 bits per heavy atom. The van der Waals surface area contributed by atoms with E-state index in [1.807, 2.05) is 7.05 Å². The maximum absolute atomic E-state index is 11.2. The van der Waals surface area contributed by atoms with Crippen molar-refractivity contribution in [1.29, 1.82) is 0 Å². The summed E-state index contributed by atoms with van der Waals surface area (Å²) in [5, 5.41) is 9.00. The van der Waals surface area contributed by atoms with Gasteiger partial charge in [0, 0.05) is 19.2 Å². The van der Waals surface area contributed by atoms with E-state index in [-0.39, 0.29) is 11.9 Å². The molecule has 0 spiro atoms. The smallest absolute Gasteiger partial charge is 0.219 e. The minimum Gasteiger partial charge on any atom is -0.379 e. The number of carbonyl (C=O) groups is 2. The van der Waals surface area contributed by atoms with Gasteiger partial charge in [-0.05, 0) is 51.3 Å². The molecule has 0 aromatic heterocycles. The fraction of sp³-hybridized carbons (Fsp3) is 0.647. The molecule has 0 fully saturated rings. The molecule has 124 valence electrons. The Morgan fingerprint density at radius 1 is 1.27 bits per heavy atom. The van der Waals surface area contributed by atoms with Crippen LogP contribution >= 0.6 is 0 Å². The van der Waals surface area contributed by atoms with Crippen molar-refractivity contribution in [3.63, 3.8) is 0 Å². The van der Waals surface area contributed by atoms with E-state index in [0.29, 0.717) is 18.8 Å². The Hall–Kier alpha value is -1.62. The van der Waals surface area contributed by atoms with Crippen LogP contribution in [0.4, 0.5) is 0 Å². The van der Waals surface area contributed by atoms with Crippen LogP contribution in [0.3, 0.4) is 0 Å². The first kappa shape index (κ1) is 18.4. The lowest BCUT2D eigenvalue weighted by atomic mass is 9.90. The normalized spacial score (nSPS) is 17.0. The summed E-state index contributed by atoms with van der Waals surface area (Å²) in [6, 6.07) is -0.291. The van der Waals surface area contributed by atoms with E-state index in [1.54, 1.807) is 7.05 Å². The Labute approximate surface area is 133 Å². The van der Waals surface area contributed by atoms with Crippen molar-refractivity contribution < 1.29 is 9.59 Å². The van der Waals surface area contributed by atoms with E-state index < -0.39 is 0 Å². The van der Waals surface area contributed by atoms with Gasteiger partial charge in [0.1, 0.15) is 6.29 Å². The second-order valence-electron chi connectivity index (χ2n) is 5.83. The molecule has 1 amide bonds. The molecule has 0 bridgehead atoms. The first-order valence-electron chi connectivity index (χ1n) is 8.07. The highest BCUT2D eigenvalue weighted by Gasteiger charge is 2.15. The molecule has 2 atom stereocenters. The van der Waals surface area contributed by atoms with E-state index in [0.717, 1.165) is 37.8 Å². The standard InChI is InChI=1S/C17H29N3O2/c1-13(10-11-18-2)14-4-6-15(7-5-14)20-16(12-21)8-9-17(22)19-3/h4,6,12-13,16,18,20H,5,7-11H2,1-3H3,(H,19,22). The molecule has 0 heterocycles. The van der Waals surface area contributed by atoms with Crippen LogP contribution in [0.1, 0.15) is 39.0 Å². The molecular weight excluding hydrogens is 278 g/mol. The number of nitrogens with one attached hydrogen (secondary N) is 3. The van der Waals surface area contributed by atoms with Gasteiger partial charge in [0.2, 0.25) is 5.91 Å². The lowest BCUT2D eigenvalue weighted by Crippen LogP contribution is -2.32. The van der Waals surface area contributed by atoms with Crippen LogP contribution in [0.5, 0.6) is 0 Å². The molecule has 0 aliphatic heterocycles. The third-order valence-electron chi connectivity index (χ3n) is 4.14. The number of hydrogen-bond acceptors (Lipinski definition) is 4. The predicted molar refractivity (Wildman–Crippen MR) is 89.4 cm³/mol. The largest absolute Gasteiger partial charge is 0.379 e. The molecule has 1 rings (SSSR count). The Morgan fingerprint density at radius 3 is 2.59 bits per heavy atom. The summed E-state index contributed by atoms with van der Waals surface area (Å²) in [4.78, 5) is 22.4. The van der Waals surface area contributed by atoms with Gasteiger partial charge in [-0.2, -0.15) is 0 Å². The van der Waals surface area contributed by atoms with Crippen molar-refractivity contribution in [1.82, 2.24) is 16.0 Å². The fourth-order valence-corrected chi connectivity index (χ4v) is 2.55. The van der Waals surface area contributed by atoms with E-state index >= 15 is 0 Å². The van der Waals surface area contributed by atoms with Crippen molar-refractivity contribution in [3.05, 3.63) is 23.4 Å². The number of amides is 1. The zero-order valence-corrected chi connectivity index (χ0v) is 13.9. The average molecular weight is 307 g/mol. The molecular formula is C17H29N3O2. The Kier molecular flexibility index (Phi) is 8.51. The van der Waals surface area contributed by atoms with Crippen LogP contribution in [0.25, 0.3) is 0 Å². The summed E-state index contributed by atoms with van der Waals surface area (Å²) < 4.78 is 0. The molecule has 1 aliphatic carbocycles. The van der Waals surface area contributed by atoms with Crippen molar-refractivity contribution in [2.45, 2.75) is 45.1 Å². The maximum Gasteiger partial charge on any atom is 0.219 e. The van der Waals surface area contributed by atoms with Crippen LogP contribution in [0.2, 0.25) is 0 Å². The van der Waals surface area contributed by atoms with Gasteiger partial charge < -0.3 is 20.7 Å². The second-order valence-corrected chi connectivity index (χ2v) is 5.83. The molecule has 0 aromatic carbocycles. The Balaban J connectivity index is 2.48. The van der Waals surface area contributed by atoms with Crippen molar-refractivity contribution >= 4 is 12.2 Å². The lowest BCUT2D eigenvalue weighted by molar-refractivity contribution is -0.120. The third-order valence-corrected chi connectivity index (χ3v) is 4.14. The first-order chi connectivity index (χ1) is 10.6. The van der Waals surface area contributed by atoms with Crippen LogP contribution in [-0.2, 0) is 9.59 Å². The van der Waals surface area contributed by atoms with Gasteiger partial charge in [-0.25, -0.2) is 0 Å². The zero-order valence-electron chi connectivity index (χ0n) is 13.9. The van der Waals surface area contributed by atoms with Crippen LogP contribution < -0.4 is 16.0 Å². The van der Waals surface area contributed by atoms with E-state index in [1.165, 1.54) is 5.57 Å². The summed E-state index contributed by atoms with van der Waals surface area (Å²) in [5.41, 5.74) is 2.55. The van der Waals surface area contributed by atoms with Gasteiger partial charge >= 0.3 is 0 Å². The monoisotopic (exact) mass is 307 g/mol. The Bertz CT molecular complexity index is 430. The summed E-state index contributed by atoms with van der Waals surface area (Å²) in [6.07, 6.45) is 9.13. The van der Waals surface area contributed by atoms with Crippen molar-refractivity contribution in [2.24, 2.45) is 5.92 Å². The fourth-order valence-electron chi connectivity index (χ4n) is 2.55. The van der Waals surface area contributed by atoms with Gasteiger partial charge in [0.15, 0.2) is 0 Å². The topological polar surface area (TPSA) is 70.2 Å². The molecule has 22 heavy (non-hydrogen) atoms. The number of aldehydes is 1. The molecule has 0 saturated carbocycles. The molecule has 2 unspecified atom stereocenters. The SMILES string of the molecule is CNCCC(C)C1=CC=C(NC(C=O)CCC(=O)NC)CC1. The van der Waals surface area contributed by atoms with Crippen molar-refractivity contribution in [3.8, 4) is 0 Å². The molecule has 3 N–H and O–H groups in total. The summed E-state index contributed by atoms with van der Waals surface area (Å²) in [6.45, 7) is 3.28. The molecule has 0 aromatic rings. The first-order valence-corrected chi connectivity index (χ1v) is 8.07. The van der Waals surface area contributed by atoms with Crippen LogP contribution in [-0.4, -0.2) is 38.9 Å². The number of hydrogen-bond donors (Lipinski definition) is 3. The number of carbonyl (C=O) groups excluding carboxylic acids is 2. The minimum atomic E-state index is -0.291. The lowest BCUT2D eigenvalue weighted by Gasteiger charge is -2.23. The highest BCUT2D eigenvalue weighted by Crippen LogP contribution is 2.25. The average Bonchev–Trinajstić information content (AvgIpc) is 2.56. The van der Waals surface area contributed by atoms with E-state index in [2.05, 4.69) is 35.0 Å². The summed E-state index contributed by atoms with van der Waals surface area (Å²) in [7, 11) is 3.58. The maximum atomic E-state index is 11.2. The summed E-state index contributed by atoms with van der Waals surface area (Å²) >= 11 is 0.